The molecule has 0 saturated heterocycles. The number of carbonyl (C=O) groups is 2. The smallest absolute Gasteiger partial charge is 0.336 e. The fourth-order valence-electron chi connectivity index (χ4n) is 4.67. The summed E-state index contributed by atoms with van der Waals surface area (Å²) in [5, 5.41) is 3.29. The molecule has 2 aliphatic rings. The average Bonchev–Trinajstić information content (AvgIpc) is 3.15. The molecule has 5 rings (SSSR count). The number of benzene rings is 3. The second kappa shape index (κ2) is 9.22. The van der Waals surface area contributed by atoms with E-state index in [4.69, 9.17) is 9.47 Å². The van der Waals surface area contributed by atoms with Crippen LogP contribution in [0.3, 0.4) is 0 Å². The van der Waals surface area contributed by atoms with Crippen LogP contribution < -0.4 is 10.1 Å². The predicted octanol–water partition coefficient (Wildman–Crippen LogP) is 5.54. The topological polar surface area (TPSA) is 64.6 Å². The molecular weight excluding hydrogens is 445 g/mol. The van der Waals surface area contributed by atoms with Crippen molar-refractivity contribution in [3.05, 3.63) is 118 Å². The predicted molar refractivity (Wildman–Crippen MR) is 130 cm³/mol. The third-order valence-electron chi connectivity index (χ3n) is 6.31. The number of fused-ring (bicyclic) bond motifs is 2. The number of Topliss-reactive ketones (excluding diaryl/α,β-unsaturated/α-hetero) is 1. The van der Waals surface area contributed by atoms with E-state index in [1.807, 2.05) is 37.3 Å². The third kappa shape index (κ3) is 4.01. The summed E-state index contributed by atoms with van der Waals surface area (Å²) < 4.78 is 25.0. The highest BCUT2D eigenvalue weighted by molar-refractivity contribution is 6.23. The summed E-state index contributed by atoms with van der Waals surface area (Å²) in [6, 6.07) is 21.1. The molecule has 1 aliphatic heterocycles. The second-order valence-electron chi connectivity index (χ2n) is 8.43. The highest BCUT2D eigenvalue weighted by atomic mass is 19.1. The standard InChI is InChI=1S/C29H24FNO4/c1-3-34-29(33)24-17(2)31-27-21-9-5-6-10-22(21)28(32)26(27)25(24)18-12-14-20(15-13-18)35-16-19-8-4-7-11-23(19)30/h4-15,25,31H,3,16H2,1-2H3/t25-/m0/s1. The molecule has 0 unspecified atom stereocenters. The lowest BCUT2D eigenvalue weighted by molar-refractivity contribution is -0.138. The van der Waals surface area contributed by atoms with Crippen molar-refractivity contribution in [3.63, 3.8) is 0 Å². The van der Waals surface area contributed by atoms with E-state index in [1.165, 1.54) is 6.07 Å². The Labute approximate surface area is 202 Å². The monoisotopic (exact) mass is 469 g/mol. The third-order valence-corrected chi connectivity index (χ3v) is 6.31. The molecule has 35 heavy (non-hydrogen) atoms. The molecule has 1 heterocycles. The van der Waals surface area contributed by atoms with Gasteiger partial charge in [-0.25, -0.2) is 9.18 Å². The lowest BCUT2D eigenvalue weighted by Crippen LogP contribution is -2.29. The first-order valence-electron chi connectivity index (χ1n) is 11.5. The van der Waals surface area contributed by atoms with Gasteiger partial charge in [-0.15, -0.1) is 0 Å². The van der Waals surface area contributed by atoms with Crippen molar-refractivity contribution in [1.29, 1.82) is 0 Å². The summed E-state index contributed by atoms with van der Waals surface area (Å²) >= 11 is 0. The molecule has 0 aromatic heterocycles. The summed E-state index contributed by atoms with van der Waals surface area (Å²) in [5.74, 6) is -0.928. The summed E-state index contributed by atoms with van der Waals surface area (Å²) in [5.41, 5.74) is 4.97. The summed E-state index contributed by atoms with van der Waals surface area (Å²) in [7, 11) is 0. The minimum atomic E-state index is -0.592. The van der Waals surface area contributed by atoms with Crippen LogP contribution in [0.15, 0.2) is 89.6 Å². The van der Waals surface area contributed by atoms with E-state index in [2.05, 4.69) is 5.32 Å². The van der Waals surface area contributed by atoms with Crippen LogP contribution in [-0.2, 0) is 16.1 Å². The molecule has 3 aromatic rings. The van der Waals surface area contributed by atoms with Crippen molar-refractivity contribution in [2.45, 2.75) is 26.4 Å². The van der Waals surface area contributed by atoms with Gasteiger partial charge in [-0.2, -0.15) is 0 Å². The molecule has 176 valence electrons. The first-order chi connectivity index (χ1) is 17.0. The zero-order valence-corrected chi connectivity index (χ0v) is 19.4. The van der Waals surface area contributed by atoms with Gasteiger partial charge in [0.05, 0.1) is 17.9 Å². The number of hydrogen-bond acceptors (Lipinski definition) is 5. The minimum Gasteiger partial charge on any atom is -0.489 e. The van der Waals surface area contributed by atoms with Crippen molar-refractivity contribution in [1.82, 2.24) is 5.32 Å². The molecule has 1 N–H and O–H groups in total. The molecule has 6 heteroatoms. The van der Waals surface area contributed by atoms with Crippen LogP contribution in [0.1, 0.15) is 46.8 Å². The van der Waals surface area contributed by atoms with Crippen LogP contribution >= 0.6 is 0 Å². The van der Waals surface area contributed by atoms with E-state index in [9.17, 15) is 14.0 Å². The van der Waals surface area contributed by atoms with Gasteiger partial charge in [0.25, 0.3) is 0 Å². The van der Waals surface area contributed by atoms with Crippen molar-refractivity contribution >= 4 is 17.4 Å². The van der Waals surface area contributed by atoms with Gasteiger partial charge in [0.15, 0.2) is 5.78 Å². The maximum absolute atomic E-state index is 13.9. The lowest BCUT2D eigenvalue weighted by Gasteiger charge is -2.29. The fourth-order valence-corrected chi connectivity index (χ4v) is 4.67. The first-order valence-corrected chi connectivity index (χ1v) is 11.5. The van der Waals surface area contributed by atoms with E-state index in [0.29, 0.717) is 33.7 Å². The van der Waals surface area contributed by atoms with Crippen LogP contribution in [0.2, 0.25) is 0 Å². The van der Waals surface area contributed by atoms with Crippen LogP contribution in [0.5, 0.6) is 5.75 Å². The Hall–Kier alpha value is -4.19. The molecular formula is C29H24FNO4. The maximum atomic E-state index is 13.9. The molecule has 0 radical (unpaired) electrons. The Morgan fingerprint density at radius 3 is 2.37 bits per heavy atom. The van der Waals surface area contributed by atoms with Crippen LogP contribution in [0.25, 0.3) is 5.70 Å². The van der Waals surface area contributed by atoms with E-state index in [0.717, 1.165) is 16.8 Å². The van der Waals surface area contributed by atoms with Gasteiger partial charge in [0.2, 0.25) is 0 Å². The quantitative estimate of drug-likeness (QED) is 0.481. The Balaban J connectivity index is 1.51. The highest BCUT2D eigenvalue weighted by Crippen LogP contribution is 2.46. The Bertz CT molecular complexity index is 1390. The van der Waals surface area contributed by atoms with E-state index in [-0.39, 0.29) is 24.8 Å². The first kappa shape index (κ1) is 22.6. The molecule has 1 aliphatic carbocycles. The van der Waals surface area contributed by atoms with E-state index < -0.39 is 11.9 Å². The Morgan fingerprint density at radius 1 is 0.971 bits per heavy atom. The van der Waals surface area contributed by atoms with Gasteiger partial charge in [-0.1, -0.05) is 54.6 Å². The maximum Gasteiger partial charge on any atom is 0.336 e. The van der Waals surface area contributed by atoms with Crippen molar-refractivity contribution in [3.8, 4) is 5.75 Å². The number of ketones is 1. The SMILES string of the molecule is CCOC(=O)C1=C(C)NC2=C(C(=O)c3ccccc32)[C@H]1c1ccc(OCc2ccccc2F)cc1. The van der Waals surface area contributed by atoms with Crippen molar-refractivity contribution in [2.75, 3.05) is 6.61 Å². The van der Waals surface area contributed by atoms with E-state index in [1.54, 1.807) is 43.3 Å². The number of carbonyl (C=O) groups excluding carboxylic acids is 2. The number of rotatable bonds is 6. The molecule has 0 amide bonds. The van der Waals surface area contributed by atoms with Crippen LogP contribution in [0, 0.1) is 5.82 Å². The van der Waals surface area contributed by atoms with E-state index >= 15 is 0 Å². The molecule has 1 atom stereocenters. The molecule has 0 fully saturated rings. The number of halogens is 1. The number of ether oxygens (including phenoxy) is 2. The Kier molecular flexibility index (Phi) is 5.95. The zero-order valence-electron chi connectivity index (χ0n) is 19.4. The van der Waals surface area contributed by atoms with Gasteiger partial charge in [-0.3, -0.25) is 4.79 Å². The number of dihydropyridines is 1. The highest BCUT2D eigenvalue weighted by Gasteiger charge is 2.42. The van der Waals surface area contributed by atoms with Gasteiger partial charge in [0.1, 0.15) is 18.2 Å². The number of esters is 1. The Morgan fingerprint density at radius 2 is 1.66 bits per heavy atom. The summed E-state index contributed by atoms with van der Waals surface area (Å²) in [6.07, 6.45) is 0. The largest absolute Gasteiger partial charge is 0.489 e. The van der Waals surface area contributed by atoms with Crippen LogP contribution in [-0.4, -0.2) is 18.4 Å². The zero-order chi connectivity index (χ0) is 24.5. The van der Waals surface area contributed by atoms with Crippen LogP contribution in [0.4, 0.5) is 4.39 Å². The molecule has 0 bridgehead atoms. The normalized spacial score (nSPS) is 16.5. The molecule has 0 saturated carbocycles. The van der Waals surface area contributed by atoms with Crippen molar-refractivity contribution in [2.24, 2.45) is 0 Å². The van der Waals surface area contributed by atoms with Crippen molar-refractivity contribution < 1.29 is 23.5 Å². The number of nitrogens with one attached hydrogen (secondary N) is 1. The number of allylic oxidation sites excluding steroid dienone is 2. The molecule has 3 aromatic carbocycles. The summed E-state index contributed by atoms with van der Waals surface area (Å²) in [6.45, 7) is 3.89. The summed E-state index contributed by atoms with van der Waals surface area (Å²) in [4.78, 5) is 26.5. The van der Waals surface area contributed by atoms with Gasteiger partial charge < -0.3 is 14.8 Å². The van der Waals surface area contributed by atoms with Gasteiger partial charge in [0, 0.05) is 33.9 Å². The van der Waals surface area contributed by atoms with Gasteiger partial charge in [-0.05, 0) is 37.6 Å². The van der Waals surface area contributed by atoms with Gasteiger partial charge >= 0.3 is 5.97 Å². The second-order valence-corrected chi connectivity index (χ2v) is 8.43. The number of hydrogen-bond donors (Lipinski definition) is 1. The minimum absolute atomic E-state index is 0.0928. The average molecular weight is 470 g/mol. The molecule has 5 nitrogen and oxygen atoms in total. The lowest BCUT2D eigenvalue weighted by atomic mass is 9.80. The molecule has 0 spiro atoms. The fraction of sp³-hybridized carbons (Fsp3) is 0.172.